The molecule has 2 aromatic rings. The molecule has 1 saturated heterocycles. The second kappa shape index (κ2) is 5.87. The van der Waals surface area contributed by atoms with Crippen LogP contribution in [-0.4, -0.2) is 29.2 Å². The van der Waals surface area contributed by atoms with Crippen molar-refractivity contribution >= 4 is 11.6 Å². The van der Waals surface area contributed by atoms with Crippen LogP contribution in [0.1, 0.15) is 22.7 Å². The van der Waals surface area contributed by atoms with E-state index in [1.165, 1.54) is 0 Å². The van der Waals surface area contributed by atoms with Crippen LogP contribution < -0.4 is 0 Å². The molecule has 1 N–H and O–H groups in total. The largest absolute Gasteiger partial charge is 0.390 e. The van der Waals surface area contributed by atoms with Crippen LogP contribution in [0.25, 0.3) is 0 Å². The van der Waals surface area contributed by atoms with Gasteiger partial charge in [0.25, 0.3) is 0 Å². The molecule has 1 aliphatic heterocycles. The van der Waals surface area contributed by atoms with E-state index in [2.05, 4.69) is 11.0 Å². The Bertz CT molecular complexity index is 672. The maximum absolute atomic E-state index is 9.59. The molecule has 0 spiro atoms. The zero-order valence-electron chi connectivity index (χ0n) is 11.4. The molecule has 2 aromatic carbocycles. The Kier molecular flexibility index (Phi) is 3.94. The van der Waals surface area contributed by atoms with E-state index >= 15 is 0 Å². The minimum absolute atomic E-state index is 0.0407. The van der Waals surface area contributed by atoms with E-state index < -0.39 is 0 Å². The van der Waals surface area contributed by atoms with Gasteiger partial charge in [-0.2, -0.15) is 5.26 Å². The summed E-state index contributed by atoms with van der Waals surface area (Å²) in [5, 5.41) is 19.4. The molecule has 0 bridgehead atoms. The van der Waals surface area contributed by atoms with Gasteiger partial charge >= 0.3 is 0 Å². The lowest BCUT2D eigenvalue weighted by Gasteiger charge is -2.42. The van der Waals surface area contributed by atoms with Crippen LogP contribution in [-0.2, 0) is 0 Å². The predicted octanol–water partition coefficient (Wildman–Crippen LogP) is 2.98. The maximum atomic E-state index is 9.59. The molecular weight excluding hydrogens is 284 g/mol. The summed E-state index contributed by atoms with van der Waals surface area (Å²) >= 11 is 5.96. The Morgan fingerprint density at radius 1 is 1.14 bits per heavy atom. The average molecular weight is 299 g/mol. The van der Waals surface area contributed by atoms with Gasteiger partial charge in [0.15, 0.2) is 0 Å². The van der Waals surface area contributed by atoms with Crippen molar-refractivity contribution in [2.75, 3.05) is 13.1 Å². The van der Waals surface area contributed by atoms with Crippen molar-refractivity contribution in [1.82, 2.24) is 4.90 Å². The molecule has 4 heteroatoms. The number of benzene rings is 2. The van der Waals surface area contributed by atoms with Crippen molar-refractivity contribution in [3.8, 4) is 6.07 Å². The molecular formula is C17H15ClN2O. The maximum Gasteiger partial charge on any atom is 0.0991 e. The third-order valence-electron chi connectivity index (χ3n) is 3.77. The fraction of sp³-hybridized carbons (Fsp3) is 0.235. The molecule has 0 aromatic heterocycles. The first-order chi connectivity index (χ1) is 10.2. The summed E-state index contributed by atoms with van der Waals surface area (Å²) in [4.78, 5) is 2.20. The zero-order chi connectivity index (χ0) is 14.8. The Labute approximate surface area is 129 Å². The molecule has 1 atom stereocenters. The van der Waals surface area contributed by atoms with Gasteiger partial charge in [-0.1, -0.05) is 35.9 Å². The van der Waals surface area contributed by atoms with Gasteiger partial charge in [0.1, 0.15) is 0 Å². The summed E-state index contributed by atoms with van der Waals surface area (Å²) < 4.78 is 0. The van der Waals surface area contributed by atoms with Crippen molar-refractivity contribution < 1.29 is 5.11 Å². The Balaban J connectivity index is 1.99. The molecule has 1 fully saturated rings. The van der Waals surface area contributed by atoms with E-state index in [0.29, 0.717) is 23.7 Å². The van der Waals surface area contributed by atoms with Gasteiger partial charge in [-0.25, -0.2) is 0 Å². The summed E-state index contributed by atoms with van der Waals surface area (Å²) in [6.07, 6.45) is -0.265. The van der Waals surface area contributed by atoms with Crippen molar-refractivity contribution in [3.63, 3.8) is 0 Å². The molecule has 3 nitrogen and oxygen atoms in total. The highest BCUT2D eigenvalue weighted by atomic mass is 35.5. The number of β-amino-alcohol motifs (C(OH)–C–C–N with tert-alkyl or cyclic N) is 1. The number of aliphatic hydroxyl groups is 1. The highest BCUT2D eigenvalue weighted by molar-refractivity contribution is 6.30. The first-order valence-corrected chi connectivity index (χ1v) is 7.23. The molecule has 0 radical (unpaired) electrons. The fourth-order valence-electron chi connectivity index (χ4n) is 2.74. The van der Waals surface area contributed by atoms with Gasteiger partial charge in [-0.05, 0) is 35.4 Å². The average Bonchev–Trinajstić information content (AvgIpc) is 2.48. The summed E-state index contributed by atoms with van der Waals surface area (Å²) in [7, 11) is 0. The standard InChI is InChI=1S/C17H15ClN2O/c18-15-6-4-13(5-7-15)17(20-10-16(21)11-20)14-3-1-2-12(8-14)9-19/h1-8,16-17,21H,10-11H2. The number of hydrogen-bond acceptors (Lipinski definition) is 3. The Morgan fingerprint density at radius 2 is 1.86 bits per heavy atom. The summed E-state index contributed by atoms with van der Waals surface area (Å²) in [5.41, 5.74) is 2.82. The van der Waals surface area contributed by atoms with Crippen LogP contribution in [0.5, 0.6) is 0 Å². The highest BCUT2D eigenvalue weighted by Crippen LogP contribution is 2.33. The molecule has 0 aliphatic carbocycles. The van der Waals surface area contributed by atoms with Crippen molar-refractivity contribution in [3.05, 3.63) is 70.2 Å². The normalized spacial score (nSPS) is 17.0. The number of likely N-dealkylation sites (tertiary alicyclic amines) is 1. The van der Waals surface area contributed by atoms with Crippen LogP contribution in [0.15, 0.2) is 48.5 Å². The second-order valence-corrected chi connectivity index (χ2v) is 5.74. The number of nitrogens with zero attached hydrogens (tertiary/aromatic N) is 2. The van der Waals surface area contributed by atoms with E-state index in [1.54, 1.807) is 6.07 Å². The number of hydrogen-bond donors (Lipinski definition) is 1. The van der Waals surface area contributed by atoms with Crippen molar-refractivity contribution in [2.45, 2.75) is 12.1 Å². The summed E-state index contributed by atoms with van der Waals surface area (Å²) in [6.45, 7) is 1.29. The van der Waals surface area contributed by atoms with Crippen LogP contribution >= 0.6 is 11.6 Å². The first-order valence-electron chi connectivity index (χ1n) is 6.85. The van der Waals surface area contributed by atoms with Crippen LogP contribution in [0, 0.1) is 11.3 Å². The smallest absolute Gasteiger partial charge is 0.0991 e. The molecule has 1 heterocycles. The fourth-order valence-corrected chi connectivity index (χ4v) is 2.86. The van der Waals surface area contributed by atoms with Gasteiger partial charge < -0.3 is 5.11 Å². The van der Waals surface area contributed by atoms with Gasteiger partial charge in [0.2, 0.25) is 0 Å². The van der Waals surface area contributed by atoms with E-state index in [-0.39, 0.29) is 12.1 Å². The molecule has 1 unspecified atom stereocenters. The zero-order valence-corrected chi connectivity index (χ0v) is 12.2. The van der Waals surface area contributed by atoms with Crippen LogP contribution in [0.3, 0.4) is 0 Å². The molecule has 21 heavy (non-hydrogen) atoms. The first kappa shape index (κ1) is 14.1. The minimum Gasteiger partial charge on any atom is -0.390 e. The molecule has 3 rings (SSSR count). The van der Waals surface area contributed by atoms with Gasteiger partial charge in [0.05, 0.1) is 23.8 Å². The van der Waals surface area contributed by atoms with Gasteiger partial charge in [0, 0.05) is 18.1 Å². The lowest BCUT2D eigenvalue weighted by Crippen LogP contribution is -2.52. The summed E-state index contributed by atoms with van der Waals surface area (Å²) in [5.74, 6) is 0. The number of halogens is 1. The molecule has 106 valence electrons. The Morgan fingerprint density at radius 3 is 2.48 bits per heavy atom. The second-order valence-electron chi connectivity index (χ2n) is 5.30. The molecule has 0 amide bonds. The lowest BCUT2D eigenvalue weighted by molar-refractivity contribution is -0.0160. The number of rotatable bonds is 3. The number of aliphatic hydroxyl groups excluding tert-OH is 1. The van der Waals surface area contributed by atoms with Crippen LogP contribution in [0.2, 0.25) is 5.02 Å². The van der Waals surface area contributed by atoms with E-state index in [1.807, 2.05) is 42.5 Å². The molecule has 0 saturated carbocycles. The molecule has 1 aliphatic rings. The van der Waals surface area contributed by atoms with Crippen molar-refractivity contribution in [1.29, 1.82) is 5.26 Å². The van der Waals surface area contributed by atoms with Gasteiger partial charge in [-0.15, -0.1) is 0 Å². The minimum atomic E-state index is -0.265. The third kappa shape index (κ3) is 2.93. The van der Waals surface area contributed by atoms with E-state index in [9.17, 15) is 5.11 Å². The quantitative estimate of drug-likeness (QED) is 0.947. The number of nitriles is 1. The monoisotopic (exact) mass is 298 g/mol. The topological polar surface area (TPSA) is 47.3 Å². The predicted molar refractivity (Wildman–Crippen MR) is 82.0 cm³/mol. The highest BCUT2D eigenvalue weighted by Gasteiger charge is 2.32. The van der Waals surface area contributed by atoms with E-state index in [0.717, 1.165) is 11.1 Å². The summed E-state index contributed by atoms with van der Waals surface area (Å²) in [6, 6.07) is 17.6. The van der Waals surface area contributed by atoms with Gasteiger partial charge in [-0.3, -0.25) is 4.90 Å². The SMILES string of the molecule is N#Cc1cccc(C(c2ccc(Cl)cc2)N2CC(O)C2)c1. The Hall–Kier alpha value is -1.86. The van der Waals surface area contributed by atoms with Crippen LogP contribution in [0.4, 0.5) is 0 Å². The lowest BCUT2D eigenvalue weighted by atomic mass is 9.93. The third-order valence-corrected chi connectivity index (χ3v) is 4.02. The van der Waals surface area contributed by atoms with Crippen molar-refractivity contribution in [2.24, 2.45) is 0 Å². The van der Waals surface area contributed by atoms with E-state index in [4.69, 9.17) is 16.9 Å².